The molecular formula is C20H31NO5S. The number of nitrogens with one attached hydrogen (secondary N) is 1. The van der Waals surface area contributed by atoms with Crippen molar-refractivity contribution in [1.29, 1.82) is 0 Å². The second-order valence-corrected chi connectivity index (χ2v) is 9.20. The van der Waals surface area contributed by atoms with Gasteiger partial charge >= 0.3 is 0 Å². The van der Waals surface area contributed by atoms with E-state index in [1.54, 1.807) is 25.2 Å². The van der Waals surface area contributed by atoms with Crippen LogP contribution in [0.4, 0.5) is 0 Å². The molecule has 152 valence electrons. The molecule has 2 N–H and O–H groups in total. The predicted molar refractivity (Wildman–Crippen MR) is 105 cm³/mol. The molecule has 1 amide bonds. The summed E-state index contributed by atoms with van der Waals surface area (Å²) in [5.74, 6) is -1.18. The third-order valence-electron chi connectivity index (χ3n) is 4.65. The van der Waals surface area contributed by atoms with Gasteiger partial charge < -0.3 is 19.9 Å². The first kappa shape index (κ1) is 22.0. The van der Waals surface area contributed by atoms with E-state index in [1.165, 1.54) is 4.88 Å². The fourth-order valence-electron chi connectivity index (χ4n) is 3.03. The van der Waals surface area contributed by atoms with Gasteiger partial charge in [0.15, 0.2) is 11.6 Å². The Morgan fingerprint density at radius 2 is 2.11 bits per heavy atom. The zero-order valence-electron chi connectivity index (χ0n) is 16.6. The number of carbonyl (C=O) groups is 2. The van der Waals surface area contributed by atoms with Gasteiger partial charge in [-0.2, -0.15) is 0 Å². The highest BCUT2D eigenvalue weighted by Crippen LogP contribution is 2.35. The summed E-state index contributed by atoms with van der Waals surface area (Å²) in [6.07, 6.45) is 0.0722. The molecule has 1 fully saturated rings. The van der Waals surface area contributed by atoms with Crippen molar-refractivity contribution in [2.75, 3.05) is 13.2 Å². The molecular weight excluding hydrogens is 366 g/mol. The van der Waals surface area contributed by atoms with Crippen LogP contribution in [0.2, 0.25) is 0 Å². The summed E-state index contributed by atoms with van der Waals surface area (Å²) in [7, 11) is 0. The predicted octanol–water partition coefficient (Wildman–Crippen LogP) is 2.68. The highest BCUT2D eigenvalue weighted by atomic mass is 32.1. The second-order valence-electron chi connectivity index (χ2n) is 8.17. The number of ether oxygens (including phenoxy) is 2. The van der Waals surface area contributed by atoms with Crippen molar-refractivity contribution in [2.24, 2.45) is 5.41 Å². The van der Waals surface area contributed by atoms with E-state index in [-0.39, 0.29) is 24.5 Å². The Kier molecular flexibility index (Phi) is 7.56. The second kappa shape index (κ2) is 9.28. The van der Waals surface area contributed by atoms with E-state index in [1.807, 2.05) is 31.4 Å². The summed E-state index contributed by atoms with van der Waals surface area (Å²) < 4.78 is 11.5. The topological polar surface area (TPSA) is 84.9 Å². The molecule has 0 bridgehead atoms. The third kappa shape index (κ3) is 6.68. The number of aliphatic hydroxyl groups is 1. The largest absolute Gasteiger partial charge is 0.383 e. The minimum atomic E-state index is -1.10. The first-order valence-electron chi connectivity index (χ1n) is 9.43. The summed E-state index contributed by atoms with van der Waals surface area (Å²) in [5, 5.41) is 14.7. The lowest BCUT2D eigenvalue weighted by Gasteiger charge is -2.45. The van der Waals surface area contributed by atoms with Crippen LogP contribution >= 0.6 is 11.3 Å². The van der Waals surface area contributed by atoms with Gasteiger partial charge in [-0.05, 0) is 44.6 Å². The normalized spacial score (nSPS) is 22.2. The van der Waals surface area contributed by atoms with Crippen LogP contribution in [0, 0.1) is 5.41 Å². The molecule has 0 aliphatic carbocycles. The molecule has 0 radical (unpaired) electrons. The molecule has 1 aromatic heterocycles. The number of thiophene rings is 1. The Morgan fingerprint density at radius 3 is 2.78 bits per heavy atom. The van der Waals surface area contributed by atoms with Crippen molar-refractivity contribution in [3.63, 3.8) is 0 Å². The maximum absolute atomic E-state index is 12.6. The number of amides is 1. The van der Waals surface area contributed by atoms with Crippen LogP contribution in [-0.2, 0) is 25.5 Å². The number of carbonyl (C=O) groups excluding carboxylic acids is 2. The van der Waals surface area contributed by atoms with Crippen LogP contribution < -0.4 is 5.32 Å². The van der Waals surface area contributed by atoms with E-state index in [4.69, 9.17) is 9.47 Å². The molecule has 27 heavy (non-hydrogen) atoms. The van der Waals surface area contributed by atoms with Crippen molar-refractivity contribution < 1.29 is 24.2 Å². The fraction of sp³-hybridized carbons (Fsp3) is 0.700. The molecule has 7 heteroatoms. The Balaban J connectivity index is 1.70. The Bertz CT molecular complexity index is 626. The van der Waals surface area contributed by atoms with E-state index in [0.717, 1.165) is 6.42 Å². The van der Waals surface area contributed by atoms with Crippen LogP contribution in [0.25, 0.3) is 0 Å². The zero-order valence-corrected chi connectivity index (χ0v) is 17.4. The van der Waals surface area contributed by atoms with Gasteiger partial charge in [-0.25, -0.2) is 0 Å². The van der Waals surface area contributed by atoms with Gasteiger partial charge in [0.25, 0.3) is 0 Å². The van der Waals surface area contributed by atoms with Crippen LogP contribution in [0.5, 0.6) is 0 Å². The first-order valence-corrected chi connectivity index (χ1v) is 10.3. The van der Waals surface area contributed by atoms with Crippen LogP contribution in [0.15, 0.2) is 17.5 Å². The SMILES string of the molecule is CC1(C)OCC(C)(C)[C@H](C(=O)CCCC(O)C(=O)NCCc2cccs2)O1. The van der Waals surface area contributed by atoms with Gasteiger partial charge in [0.1, 0.15) is 12.2 Å². The molecule has 0 aromatic carbocycles. The van der Waals surface area contributed by atoms with Gasteiger partial charge in [-0.1, -0.05) is 19.9 Å². The monoisotopic (exact) mass is 397 g/mol. The number of ketones is 1. The number of rotatable bonds is 9. The number of aliphatic hydroxyl groups excluding tert-OH is 1. The fourth-order valence-corrected chi connectivity index (χ4v) is 3.74. The van der Waals surface area contributed by atoms with E-state index in [9.17, 15) is 14.7 Å². The Labute approximate surface area is 165 Å². The molecule has 1 aromatic rings. The van der Waals surface area contributed by atoms with Crippen LogP contribution in [0.1, 0.15) is 51.8 Å². The summed E-state index contributed by atoms with van der Waals surface area (Å²) in [6.45, 7) is 8.43. The van der Waals surface area contributed by atoms with E-state index in [2.05, 4.69) is 5.32 Å². The van der Waals surface area contributed by atoms with E-state index >= 15 is 0 Å². The minimum absolute atomic E-state index is 0.0123. The maximum Gasteiger partial charge on any atom is 0.248 e. The van der Waals surface area contributed by atoms with Crippen molar-refractivity contribution in [1.82, 2.24) is 5.32 Å². The lowest BCUT2D eigenvalue weighted by molar-refractivity contribution is -0.303. The molecule has 2 rings (SSSR count). The van der Waals surface area contributed by atoms with Crippen molar-refractivity contribution in [3.8, 4) is 0 Å². The molecule has 6 nitrogen and oxygen atoms in total. The highest BCUT2D eigenvalue weighted by molar-refractivity contribution is 7.09. The standard InChI is InChI=1S/C20H31NO5S/c1-19(2)13-25-20(3,4)26-17(19)15(22)8-5-9-16(23)18(24)21-11-10-14-7-6-12-27-14/h6-7,12,16-17,23H,5,8-11,13H2,1-4H3,(H,21,24)/t16?,17-/m0/s1. The molecule has 1 aliphatic rings. The Morgan fingerprint density at radius 1 is 1.37 bits per heavy atom. The summed E-state index contributed by atoms with van der Waals surface area (Å²) in [6, 6.07) is 3.98. The third-order valence-corrected chi connectivity index (χ3v) is 5.59. The molecule has 2 atom stereocenters. The van der Waals surface area contributed by atoms with E-state index in [0.29, 0.717) is 19.6 Å². The zero-order chi connectivity index (χ0) is 20.1. The van der Waals surface area contributed by atoms with Crippen molar-refractivity contribution in [3.05, 3.63) is 22.4 Å². The Hall–Kier alpha value is -1.28. The van der Waals surface area contributed by atoms with Gasteiger partial charge in [0.2, 0.25) is 5.91 Å². The lowest BCUT2D eigenvalue weighted by atomic mass is 9.82. The minimum Gasteiger partial charge on any atom is -0.383 e. The number of Topliss-reactive ketones (excluding diaryl/α,β-unsaturated/α-hetero) is 1. The summed E-state index contributed by atoms with van der Waals surface area (Å²) >= 11 is 1.64. The average Bonchev–Trinajstić information content (AvgIpc) is 3.10. The lowest BCUT2D eigenvalue weighted by Crippen LogP contribution is -2.53. The van der Waals surface area contributed by atoms with Gasteiger partial charge in [0, 0.05) is 23.3 Å². The number of hydrogen-bond acceptors (Lipinski definition) is 6. The average molecular weight is 398 g/mol. The molecule has 1 saturated heterocycles. The van der Waals surface area contributed by atoms with Gasteiger partial charge in [-0.3, -0.25) is 9.59 Å². The quantitative estimate of drug-likeness (QED) is 0.669. The summed E-state index contributed by atoms with van der Waals surface area (Å²) in [5.41, 5.74) is -0.398. The van der Waals surface area contributed by atoms with Crippen LogP contribution in [-0.4, -0.2) is 47.9 Å². The van der Waals surface area contributed by atoms with Gasteiger partial charge in [0.05, 0.1) is 6.61 Å². The molecule has 1 aliphatic heterocycles. The maximum atomic E-state index is 12.6. The van der Waals surface area contributed by atoms with Gasteiger partial charge in [-0.15, -0.1) is 11.3 Å². The highest BCUT2D eigenvalue weighted by Gasteiger charge is 2.45. The molecule has 1 unspecified atom stereocenters. The van der Waals surface area contributed by atoms with Crippen molar-refractivity contribution >= 4 is 23.0 Å². The first-order chi connectivity index (χ1) is 12.6. The van der Waals surface area contributed by atoms with Crippen molar-refractivity contribution in [2.45, 2.75) is 71.4 Å². The number of hydrogen-bond donors (Lipinski definition) is 2. The molecule has 2 heterocycles. The van der Waals surface area contributed by atoms with E-state index < -0.39 is 23.4 Å². The molecule has 0 spiro atoms. The molecule has 0 saturated carbocycles. The van der Waals surface area contributed by atoms with Crippen LogP contribution in [0.3, 0.4) is 0 Å². The smallest absolute Gasteiger partial charge is 0.248 e. The summed E-state index contributed by atoms with van der Waals surface area (Å²) in [4.78, 5) is 25.7.